The molecule has 1 aromatic heterocycles. The Hall–Kier alpha value is -3.01. The average Bonchev–Trinajstić information content (AvgIpc) is 3.15. The molecule has 0 unspecified atom stereocenters. The largest absolute Gasteiger partial charge is 0.483 e. The summed E-state index contributed by atoms with van der Waals surface area (Å²) in [6, 6.07) is 7.50. The molecule has 156 valence electrons. The van der Waals surface area contributed by atoms with Crippen LogP contribution >= 0.6 is 0 Å². The Bertz CT molecular complexity index is 837. The number of fused-ring (bicyclic) bond motifs is 2. The van der Waals surface area contributed by atoms with E-state index in [1.54, 1.807) is 7.05 Å². The molecule has 1 aliphatic heterocycles. The lowest BCUT2D eigenvalue weighted by molar-refractivity contribution is -0.154. The van der Waals surface area contributed by atoms with Gasteiger partial charge in [-0.05, 0) is 31.4 Å². The molecule has 4 rings (SSSR count). The molecule has 2 aliphatic rings. The number of amides is 2. The highest BCUT2D eigenvalue weighted by Gasteiger charge is 2.41. The van der Waals surface area contributed by atoms with E-state index in [0.717, 1.165) is 23.9 Å². The van der Waals surface area contributed by atoms with Crippen LogP contribution < -0.4 is 5.32 Å². The molecule has 2 fully saturated rings. The zero-order valence-electron chi connectivity index (χ0n) is 16.2. The fraction of sp³-hybridized carbons (Fsp3) is 0.526. The highest BCUT2D eigenvalue weighted by atomic mass is 16.5. The number of rotatable bonds is 3. The summed E-state index contributed by atoms with van der Waals surface area (Å²) in [6.07, 6.45) is 2.26. The van der Waals surface area contributed by atoms with Crippen molar-refractivity contribution in [3.63, 3.8) is 0 Å². The van der Waals surface area contributed by atoms with Crippen LogP contribution in [0.25, 0.3) is 11.0 Å². The average molecular weight is 403 g/mol. The summed E-state index contributed by atoms with van der Waals surface area (Å²) in [7, 11) is 1.66. The first-order chi connectivity index (χ1) is 14.1. The Morgan fingerprint density at radius 3 is 2.55 bits per heavy atom. The van der Waals surface area contributed by atoms with E-state index in [0.29, 0.717) is 19.6 Å². The number of nitrogens with one attached hydrogen (secondary N) is 1. The minimum atomic E-state index is -0.250. The number of morpholine rings is 1. The first kappa shape index (κ1) is 20.7. The van der Waals surface area contributed by atoms with E-state index in [9.17, 15) is 9.59 Å². The van der Waals surface area contributed by atoms with E-state index in [1.165, 1.54) is 4.80 Å². The van der Waals surface area contributed by atoms with Crippen LogP contribution in [0.5, 0.6) is 0 Å². The van der Waals surface area contributed by atoms with Crippen LogP contribution in [0, 0.1) is 5.92 Å². The van der Waals surface area contributed by atoms with Gasteiger partial charge in [0.25, 0.3) is 6.47 Å². The Morgan fingerprint density at radius 2 is 1.93 bits per heavy atom. The van der Waals surface area contributed by atoms with Gasteiger partial charge in [0.05, 0.1) is 18.8 Å². The van der Waals surface area contributed by atoms with Crippen LogP contribution in [-0.4, -0.2) is 75.6 Å². The number of aromatic nitrogens is 3. The zero-order valence-corrected chi connectivity index (χ0v) is 16.2. The predicted molar refractivity (Wildman–Crippen MR) is 103 cm³/mol. The molecule has 1 saturated heterocycles. The lowest BCUT2D eigenvalue weighted by Gasteiger charge is -2.45. The van der Waals surface area contributed by atoms with Gasteiger partial charge in [0.15, 0.2) is 0 Å². The lowest BCUT2D eigenvalue weighted by Crippen LogP contribution is -2.57. The summed E-state index contributed by atoms with van der Waals surface area (Å²) in [5.74, 6) is -0.0498. The standard InChI is InChI=1S/C18H23N5O3.CH2O2/c1-19-18(25)12-6-7-16-15(10-12)22(8-9-26-16)17(24)11-23-20-13-4-2-3-5-14(13)21-23;2-1-3/h2-5,12,15-16H,6-11H2,1H3,(H,19,25);1H,(H,2,3)/t12-,15+,16+;/m0./s1. The van der Waals surface area contributed by atoms with E-state index in [-0.39, 0.29) is 42.9 Å². The second-order valence-corrected chi connectivity index (χ2v) is 7.01. The molecule has 1 aromatic carbocycles. The monoisotopic (exact) mass is 403 g/mol. The molecule has 3 atom stereocenters. The summed E-state index contributed by atoms with van der Waals surface area (Å²) in [4.78, 5) is 36.6. The van der Waals surface area contributed by atoms with Gasteiger partial charge in [0.2, 0.25) is 11.8 Å². The molecular formula is C19H25N5O5. The van der Waals surface area contributed by atoms with Crippen molar-refractivity contribution in [1.29, 1.82) is 0 Å². The van der Waals surface area contributed by atoms with Crippen LogP contribution in [0.15, 0.2) is 24.3 Å². The van der Waals surface area contributed by atoms with Crippen molar-refractivity contribution in [3.05, 3.63) is 24.3 Å². The van der Waals surface area contributed by atoms with E-state index in [4.69, 9.17) is 14.6 Å². The summed E-state index contributed by atoms with van der Waals surface area (Å²) in [5, 5.41) is 18.4. The van der Waals surface area contributed by atoms with Crippen LogP contribution in [0.1, 0.15) is 19.3 Å². The molecule has 10 heteroatoms. The van der Waals surface area contributed by atoms with Gasteiger partial charge in [0.1, 0.15) is 17.6 Å². The first-order valence-corrected chi connectivity index (χ1v) is 9.57. The lowest BCUT2D eigenvalue weighted by atomic mass is 9.81. The summed E-state index contributed by atoms with van der Waals surface area (Å²) >= 11 is 0. The molecule has 0 bridgehead atoms. The molecule has 2 heterocycles. The van der Waals surface area contributed by atoms with Crippen LogP contribution in [0.3, 0.4) is 0 Å². The van der Waals surface area contributed by atoms with Gasteiger partial charge in [-0.2, -0.15) is 15.0 Å². The van der Waals surface area contributed by atoms with E-state index >= 15 is 0 Å². The fourth-order valence-corrected chi connectivity index (χ4v) is 4.05. The van der Waals surface area contributed by atoms with E-state index < -0.39 is 0 Å². The van der Waals surface area contributed by atoms with Crippen molar-refractivity contribution in [3.8, 4) is 0 Å². The van der Waals surface area contributed by atoms with Crippen LogP contribution in [-0.2, 0) is 25.7 Å². The summed E-state index contributed by atoms with van der Waals surface area (Å²) in [5.41, 5.74) is 1.55. The smallest absolute Gasteiger partial charge is 0.290 e. The van der Waals surface area contributed by atoms with Crippen molar-refractivity contribution in [2.45, 2.75) is 38.0 Å². The number of benzene rings is 1. The second-order valence-electron chi connectivity index (χ2n) is 7.01. The molecule has 0 spiro atoms. The minimum absolute atomic E-state index is 0.0123. The number of carboxylic acid groups (broad SMARTS) is 1. The Balaban J connectivity index is 0.000000755. The Morgan fingerprint density at radius 1 is 1.28 bits per heavy atom. The molecule has 2 N–H and O–H groups in total. The van der Waals surface area contributed by atoms with Gasteiger partial charge in [-0.15, -0.1) is 0 Å². The van der Waals surface area contributed by atoms with E-state index in [1.807, 2.05) is 29.2 Å². The molecule has 1 aliphatic carbocycles. The quantitative estimate of drug-likeness (QED) is 0.705. The van der Waals surface area contributed by atoms with Crippen molar-refractivity contribution in [2.75, 3.05) is 20.2 Å². The van der Waals surface area contributed by atoms with Crippen molar-refractivity contribution < 1.29 is 24.2 Å². The first-order valence-electron chi connectivity index (χ1n) is 9.57. The third kappa shape index (κ3) is 4.70. The van der Waals surface area contributed by atoms with E-state index in [2.05, 4.69) is 15.5 Å². The van der Waals surface area contributed by atoms with Crippen molar-refractivity contribution in [2.24, 2.45) is 5.92 Å². The second kappa shape index (κ2) is 9.46. The maximum Gasteiger partial charge on any atom is 0.290 e. The fourth-order valence-electron chi connectivity index (χ4n) is 4.05. The molecule has 2 amide bonds. The zero-order chi connectivity index (χ0) is 20.8. The summed E-state index contributed by atoms with van der Waals surface area (Å²) in [6.45, 7) is 0.926. The van der Waals surface area contributed by atoms with Gasteiger partial charge < -0.3 is 20.1 Å². The third-order valence-electron chi connectivity index (χ3n) is 5.36. The van der Waals surface area contributed by atoms with Gasteiger partial charge in [-0.1, -0.05) is 12.1 Å². The van der Waals surface area contributed by atoms with Crippen LogP contribution in [0.4, 0.5) is 0 Å². The third-order valence-corrected chi connectivity index (χ3v) is 5.36. The predicted octanol–water partition coefficient (Wildman–Crippen LogP) is 0.274. The van der Waals surface area contributed by atoms with Crippen LogP contribution in [0.2, 0.25) is 0 Å². The van der Waals surface area contributed by atoms with Gasteiger partial charge in [-0.25, -0.2) is 0 Å². The maximum atomic E-state index is 12.9. The highest BCUT2D eigenvalue weighted by molar-refractivity contribution is 5.79. The van der Waals surface area contributed by atoms with Crippen molar-refractivity contribution in [1.82, 2.24) is 25.2 Å². The molecule has 1 saturated carbocycles. The molecule has 10 nitrogen and oxygen atoms in total. The molecule has 0 radical (unpaired) electrons. The van der Waals surface area contributed by atoms with Crippen molar-refractivity contribution >= 4 is 29.3 Å². The number of carbonyl (C=O) groups is 3. The summed E-state index contributed by atoms with van der Waals surface area (Å²) < 4.78 is 5.86. The normalized spacial score (nSPS) is 23.5. The minimum Gasteiger partial charge on any atom is -0.483 e. The Labute approximate surface area is 167 Å². The molecular weight excluding hydrogens is 378 g/mol. The maximum absolute atomic E-state index is 12.9. The number of nitrogens with zero attached hydrogens (tertiary/aromatic N) is 4. The van der Waals surface area contributed by atoms with Gasteiger partial charge >= 0.3 is 0 Å². The number of ether oxygens (including phenoxy) is 1. The molecule has 2 aromatic rings. The molecule has 29 heavy (non-hydrogen) atoms. The number of hydrogen-bond acceptors (Lipinski definition) is 6. The topological polar surface area (TPSA) is 127 Å². The number of hydrogen-bond donors (Lipinski definition) is 2. The Kier molecular flexibility index (Phi) is 6.76. The SMILES string of the molecule is CNC(=O)[C@H]1CC[C@H]2OCCN(C(=O)Cn3nc4ccccc4n3)[C@@H]2C1.O=CO. The van der Waals surface area contributed by atoms with Gasteiger partial charge in [0, 0.05) is 19.5 Å². The highest BCUT2D eigenvalue weighted by Crippen LogP contribution is 2.32. The number of carbonyl (C=O) groups excluding carboxylic acids is 2. The van der Waals surface area contributed by atoms with Gasteiger partial charge in [-0.3, -0.25) is 14.4 Å².